The van der Waals surface area contributed by atoms with E-state index in [1.807, 2.05) is 67.6 Å². The van der Waals surface area contributed by atoms with Crippen LogP contribution in [0, 0.1) is 0 Å². The van der Waals surface area contributed by atoms with Gasteiger partial charge in [0.05, 0.1) is 7.11 Å². The lowest BCUT2D eigenvalue weighted by atomic mass is 10.0. The second kappa shape index (κ2) is 8.92. The standard InChI is InChI=1S/C20H23N3O2/c1-15(18-12-8-5-9-13-18)23(14-17-10-6-4-7-11-17)16(2)19(22-21)20(24)25-3/h4-13,15-16H,14H2,1-3H3/t15-,16-/m0/s1. The zero-order valence-corrected chi connectivity index (χ0v) is 14.8. The maximum atomic E-state index is 12.0. The van der Waals surface area contributed by atoms with Gasteiger partial charge >= 0.3 is 11.7 Å². The Hall–Kier alpha value is -2.75. The predicted molar refractivity (Wildman–Crippen MR) is 96.9 cm³/mol. The minimum Gasteiger partial charge on any atom is -0.460 e. The highest BCUT2D eigenvalue weighted by Crippen LogP contribution is 2.25. The van der Waals surface area contributed by atoms with Crippen LogP contribution in [0.2, 0.25) is 0 Å². The van der Waals surface area contributed by atoms with Crippen molar-refractivity contribution in [2.75, 3.05) is 7.11 Å². The fourth-order valence-electron chi connectivity index (χ4n) is 2.88. The quantitative estimate of drug-likeness (QED) is 0.336. The summed E-state index contributed by atoms with van der Waals surface area (Å²) in [6.07, 6.45) is 0. The molecule has 0 aromatic heterocycles. The first-order valence-corrected chi connectivity index (χ1v) is 8.23. The number of ether oxygens (including phenoxy) is 1. The number of methoxy groups -OCH3 is 1. The molecule has 5 nitrogen and oxygen atoms in total. The zero-order valence-electron chi connectivity index (χ0n) is 14.8. The van der Waals surface area contributed by atoms with Gasteiger partial charge < -0.3 is 10.3 Å². The van der Waals surface area contributed by atoms with Crippen molar-refractivity contribution in [1.29, 1.82) is 0 Å². The van der Waals surface area contributed by atoms with Gasteiger partial charge in [-0.2, -0.15) is 4.79 Å². The number of nitrogens with zero attached hydrogens (tertiary/aromatic N) is 3. The fourth-order valence-corrected chi connectivity index (χ4v) is 2.88. The van der Waals surface area contributed by atoms with Gasteiger partial charge in [0.2, 0.25) is 0 Å². The summed E-state index contributed by atoms with van der Waals surface area (Å²) in [5.74, 6) is -0.631. The molecule has 0 amide bonds. The van der Waals surface area contributed by atoms with Crippen LogP contribution in [0.15, 0.2) is 60.7 Å². The monoisotopic (exact) mass is 337 g/mol. The second-order valence-corrected chi connectivity index (χ2v) is 5.90. The summed E-state index contributed by atoms with van der Waals surface area (Å²) in [5.41, 5.74) is 11.5. The normalized spacial score (nSPS) is 13.0. The van der Waals surface area contributed by atoms with Crippen LogP contribution >= 0.6 is 0 Å². The van der Waals surface area contributed by atoms with Gasteiger partial charge in [-0.25, -0.2) is 4.79 Å². The van der Waals surface area contributed by atoms with Gasteiger partial charge in [-0.1, -0.05) is 60.7 Å². The first kappa shape index (κ1) is 18.6. The largest absolute Gasteiger partial charge is 0.460 e. The SMILES string of the molecule is COC(=O)C(=[N+]=[N-])[C@H](C)N(Cc1ccccc1)[C@@H](C)c1ccccc1. The lowest BCUT2D eigenvalue weighted by Gasteiger charge is -2.32. The maximum Gasteiger partial charge on any atom is 0.418 e. The van der Waals surface area contributed by atoms with E-state index in [0.29, 0.717) is 6.54 Å². The summed E-state index contributed by atoms with van der Waals surface area (Å²) in [4.78, 5) is 17.3. The van der Waals surface area contributed by atoms with Gasteiger partial charge in [-0.3, -0.25) is 4.90 Å². The maximum absolute atomic E-state index is 12.0. The number of benzene rings is 2. The Morgan fingerprint density at radius 3 is 2.16 bits per heavy atom. The third-order valence-electron chi connectivity index (χ3n) is 4.38. The molecule has 0 radical (unpaired) electrons. The fraction of sp³-hybridized carbons (Fsp3) is 0.300. The average Bonchev–Trinajstić information content (AvgIpc) is 2.67. The molecule has 0 aliphatic heterocycles. The molecule has 25 heavy (non-hydrogen) atoms. The molecule has 130 valence electrons. The van der Waals surface area contributed by atoms with Crippen LogP contribution in [-0.2, 0) is 16.1 Å². The molecule has 2 aromatic rings. The Morgan fingerprint density at radius 2 is 1.64 bits per heavy atom. The Balaban J connectivity index is 2.37. The molecule has 2 aromatic carbocycles. The molecule has 0 spiro atoms. The number of carbonyl (C=O) groups excluding carboxylic acids is 1. The molecule has 0 saturated carbocycles. The average molecular weight is 337 g/mol. The third-order valence-corrected chi connectivity index (χ3v) is 4.38. The number of rotatable bonds is 7. The summed E-state index contributed by atoms with van der Waals surface area (Å²) >= 11 is 0. The molecule has 0 N–H and O–H groups in total. The van der Waals surface area contributed by atoms with E-state index >= 15 is 0 Å². The number of hydrogen-bond donors (Lipinski definition) is 0. The van der Waals surface area contributed by atoms with Gasteiger partial charge in [0.25, 0.3) is 0 Å². The highest BCUT2D eigenvalue weighted by molar-refractivity contribution is 6.35. The molecular weight excluding hydrogens is 314 g/mol. The number of hydrogen-bond acceptors (Lipinski definition) is 3. The van der Waals surface area contributed by atoms with Gasteiger partial charge in [0, 0.05) is 12.6 Å². The van der Waals surface area contributed by atoms with E-state index in [2.05, 4.69) is 16.6 Å². The Bertz CT molecular complexity index is 740. The third kappa shape index (κ3) is 4.63. The first-order valence-electron chi connectivity index (χ1n) is 8.23. The van der Waals surface area contributed by atoms with Gasteiger partial charge in [-0.15, -0.1) is 0 Å². The number of carbonyl (C=O) groups is 1. The lowest BCUT2D eigenvalue weighted by molar-refractivity contribution is -0.138. The topological polar surface area (TPSA) is 65.9 Å². The van der Waals surface area contributed by atoms with E-state index in [0.717, 1.165) is 11.1 Å². The molecule has 0 bridgehead atoms. The van der Waals surface area contributed by atoms with Crippen LogP contribution < -0.4 is 0 Å². The van der Waals surface area contributed by atoms with Crippen LogP contribution in [0.1, 0.15) is 31.0 Å². The van der Waals surface area contributed by atoms with Crippen molar-refractivity contribution in [3.05, 3.63) is 77.3 Å². The van der Waals surface area contributed by atoms with Crippen LogP contribution in [0.3, 0.4) is 0 Å². The van der Waals surface area contributed by atoms with Gasteiger partial charge in [-0.05, 0) is 25.0 Å². The molecule has 0 unspecified atom stereocenters. The molecule has 2 rings (SSSR count). The predicted octanol–water partition coefficient (Wildman–Crippen LogP) is 3.48. The Kier molecular flexibility index (Phi) is 6.63. The lowest BCUT2D eigenvalue weighted by Crippen LogP contribution is -2.44. The molecule has 0 saturated heterocycles. The molecule has 0 aliphatic rings. The van der Waals surface area contributed by atoms with E-state index in [9.17, 15) is 10.3 Å². The molecule has 0 heterocycles. The van der Waals surface area contributed by atoms with Crippen molar-refractivity contribution in [2.24, 2.45) is 0 Å². The van der Waals surface area contributed by atoms with Crippen molar-refractivity contribution >= 4 is 11.7 Å². The van der Waals surface area contributed by atoms with E-state index in [1.165, 1.54) is 7.11 Å². The van der Waals surface area contributed by atoms with E-state index in [1.54, 1.807) is 0 Å². The number of esters is 1. The summed E-state index contributed by atoms with van der Waals surface area (Å²) in [7, 11) is 1.28. The highest BCUT2D eigenvalue weighted by atomic mass is 16.5. The summed E-state index contributed by atoms with van der Waals surface area (Å²) in [5, 5.41) is 0. The smallest absolute Gasteiger partial charge is 0.418 e. The van der Waals surface area contributed by atoms with Crippen LogP contribution in [0.25, 0.3) is 5.53 Å². The summed E-state index contributed by atoms with van der Waals surface area (Å²) in [6, 6.07) is 19.6. The second-order valence-electron chi connectivity index (χ2n) is 5.90. The molecule has 5 heteroatoms. The zero-order chi connectivity index (χ0) is 18.2. The molecular formula is C20H23N3O2. The Morgan fingerprint density at radius 1 is 1.08 bits per heavy atom. The van der Waals surface area contributed by atoms with E-state index in [4.69, 9.17) is 4.74 Å². The van der Waals surface area contributed by atoms with Crippen LogP contribution in [-0.4, -0.2) is 34.5 Å². The van der Waals surface area contributed by atoms with Crippen LogP contribution in [0.4, 0.5) is 0 Å². The van der Waals surface area contributed by atoms with Crippen molar-refractivity contribution in [2.45, 2.75) is 32.5 Å². The van der Waals surface area contributed by atoms with E-state index in [-0.39, 0.29) is 11.8 Å². The van der Waals surface area contributed by atoms with Crippen LogP contribution in [0.5, 0.6) is 0 Å². The molecule has 0 fully saturated rings. The summed E-state index contributed by atoms with van der Waals surface area (Å²) < 4.78 is 4.75. The summed E-state index contributed by atoms with van der Waals surface area (Å²) in [6.45, 7) is 4.52. The highest BCUT2D eigenvalue weighted by Gasteiger charge is 2.35. The Labute approximate surface area is 148 Å². The molecule has 2 atom stereocenters. The van der Waals surface area contributed by atoms with Gasteiger partial charge in [0.15, 0.2) is 0 Å². The van der Waals surface area contributed by atoms with Crippen molar-refractivity contribution in [3.63, 3.8) is 0 Å². The first-order chi connectivity index (χ1) is 12.1. The van der Waals surface area contributed by atoms with Crippen molar-refractivity contribution < 1.29 is 14.3 Å². The van der Waals surface area contributed by atoms with Crippen molar-refractivity contribution in [3.8, 4) is 0 Å². The van der Waals surface area contributed by atoms with Gasteiger partial charge in [0.1, 0.15) is 6.04 Å². The minimum absolute atomic E-state index is 0.0119. The molecule has 0 aliphatic carbocycles. The van der Waals surface area contributed by atoms with E-state index < -0.39 is 12.0 Å². The minimum atomic E-state index is -0.631. The van der Waals surface area contributed by atoms with Crippen molar-refractivity contribution in [1.82, 2.24) is 4.90 Å².